The van der Waals surface area contributed by atoms with Crippen LogP contribution in [0.5, 0.6) is 0 Å². The molecule has 0 saturated carbocycles. The molecule has 5 heterocycles. The standard InChI is InChI=1S/C26H22FN7O3/c27-26(21-15-34(31-30-21)14-19-13-32-11-5-4-10-22(32)28-19)16-33(17-26)25(36)23(18-7-2-1-3-8-18)29-24(35)20-9-6-12-37-20/h1-13,15,23H,14,16-17H2,(H,29,35). The van der Waals surface area contributed by atoms with Crippen LogP contribution in [-0.4, -0.2) is 54.2 Å². The summed E-state index contributed by atoms with van der Waals surface area (Å²) in [6.07, 6.45) is 6.70. The quantitative estimate of drug-likeness (QED) is 0.369. The van der Waals surface area contributed by atoms with Crippen molar-refractivity contribution in [1.82, 2.24) is 34.6 Å². The van der Waals surface area contributed by atoms with E-state index in [1.54, 1.807) is 36.5 Å². The van der Waals surface area contributed by atoms with E-state index in [0.717, 1.165) is 11.3 Å². The Morgan fingerprint density at radius 3 is 2.62 bits per heavy atom. The molecule has 1 aliphatic rings. The zero-order valence-corrected chi connectivity index (χ0v) is 19.6. The summed E-state index contributed by atoms with van der Waals surface area (Å²) in [6.45, 7) is -0.0556. The summed E-state index contributed by atoms with van der Waals surface area (Å²) in [4.78, 5) is 31.8. The Labute approximate surface area is 210 Å². The van der Waals surface area contributed by atoms with E-state index >= 15 is 4.39 Å². The zero-order chi connectivity index (χ0) is 25.4. The van der Waals surface area contributed by atoms with Gasteiger partial charge in [-0.15, -0.1) is 5.10 Å². The van der Waals surface area contributed by atoms with Crippen LogP contribution >= 0.6 is 0 Å². The predicted octanol–water partition coefficient (Wildman–Crippen LogP) is 2.75. The van der Waals surface area contributed by atoms with Gasteiger partial charge in [0.15, 0.2) is 11.4 Å². The Hall–Kier alpha value is -4.80. The molecule has 1 fully saturated rings. The number of alkyl halides is 1. The van der Waals surface area contributed by atoms with Gasteiger partial charge >= 0.3 is 0 Å². The van der Waals surface area contributed by atoms with Crippen LogP contribution in [0, 0.1) is 0 Å². The van der Waals surface area contributed by atoms with Gasteiger partial charge in [-0.3, -0.25) is 9.59 Å². The van der Waals surface area contributed by atoms with E-state index in [9.17, 15) is 9.59 Å². The highest BCUT2D eigenvalue weighted by molar-refractivity contribution is 5.96. The van der Waals surface area contributed by atoms with Crippen molar-refractivity contribution in [3.8, 4) is 0 Å². The Balaban J connectivity index is 1.15. The number of amides is 2. The number of aromatic nitrogens is 5. The maximum Gasteiger partial charge on any atom is 0.287 e. The summed E-state index contributed by atoms with van der Waals surface area (Å²) >= 11 is 0. The van der Waals surface area contributed by atoms with Crippen LogP contribution in [0.4, 0.5) is 4.39 Å². The number of nitrogens with one attached hydrogen (secondary N) is 1. The molecule has 1 N–H and O–H groups in total. The van der Waals surface area contributed by atoms with Crippen molar-refractivity contribution in [2.24, 2.45) is 0 Å². The fourth-order valence-electron chi connectivity index (χ4n) is 4.41. The lowest BCUT2D eigenvalue weighted by Gasteiger charge is -2.44. The third-order valence-corrected chi connectivity index (χ3v) is 6.33. The number of hydrogen-bond acceptors (Lipinski definition) is 6. The molecule has 0 bridgehead atoms. The molecule has 1 unspecified atom stereocenters. The van der Waals surface area contributed by atoms with Gasteiger partial charge in [0.1, 0.15) is 17.4 Å². The monoisotopic (exact) mass is 499 g/mol. The second-order valence-electron chi connectivity index (χ2n) is 8.95. The number of fused-ring (bicyclic) bond motifs is 1. The average Bonchev–Trinajstić information content (AvgIpc) is 3.66. The van der Waals surface area contributed by atoms with Crippen LogP contribution in [0.3, 0.4) is 0 Å². The van der Waals surface area contributed by atoms with Crippen molar-refractivity contribution in [3.63, 3.8) is 0 Å². The number of carbonyl (C=O) groups excluding carboxylic acids is 2. The molecule has 11 heteroatoms. The average molecular weight is 500 g/mol. The smallest absolute Gasteiger partial charge is 0.287 e. The Morgan fingerprint density at radius 2 is 1.86 bits per heavy atom. The molecule has 186 valence electrons. The second kappa shape index (κ2) is 9.01. The third-order valence-electron chi connectivity index (χ3n) is 6.33. The number of rotatable bonds is 7. The predicted molar refractivity (Wildman–Crippen MR) is 129 cm³/mol. The third kappa shape index (κ3) is 4.35. The number of halogens is 1. The van der Waals surface area contributed by atoms with E-state index in [1.807, 2.05) is 41.1 Å². The number of imidazole rings is 1. The van der Waals surface area contributed by atoms with Crippen molar-refractivity contribution in [2.45, 2.75) is 18.3 Å². The summed E-state index contributed by atoms with van der Waals surface area (Å²) in [5.41, 5.74) is 0.469. The number of hydrogen-bond donors (Lipinski definition) is 1. The van der Waals surface area contributed by atoms with Gasteiger partial charge in [0.05, 0.1) is 37.8 Å². The van der Waals surface area contributed by atoms with Gasteiger partial charge in [-0.25, -0.2) is 14.1 Å². The first kappa shape index (κ1) is 22.7. The molecule has 4 aromatic heterocycles. The van der Waals surface area contributed by atoms with E-state index in [4.69, 9.17) is 4.42 Å². The first-order valence-corrected chi connectivity index (χ1v) is 11.7. The lowest BCUT2D eigenvalue weighted by atomic mass is 9.91. The van der Waals surface area contributed by atoms with Crippen LogP contribution in [-0.2, 0) is 17.0 Å². The summed E-state index contributed by atoms with van der Waals surface area (Å²) < 4.78 is 24.3. The van der Waals surface area contributed by atoms with Gasteiger partial charge in [0, 0.05) is 12.4 Å². The maximum absolute atomic E-state index is 15.7. The molecule has 37 heavy (non-hydrogen) atoms. The van der Waals surface area contributed by atoms with Crippen molar-refractivity contribution < 1.29 is 18.4 Å². The summed E-state index contributed by atoms with van der Waals surface area (Å²) in [6, 6.07) is 16.6. The molecule has 0 radical (unpaired) electrons. The second-order valence-corrected chi connectivity index (χ2v) is 8.95. The van der Waals surface area contributed by atoms with Crippen molar-refractivity contribution >= 4 is 17.5 Å². The molecule has 10 nitrogen and oxygen atoms in total. The molecule has 1 saturated heterocycles. The zero-order valence-electron chi connectivity index (χ0n) is 19.6. The first-order chi connectivity index (χ1) is 18.0. The Morgan fingerprint density at radius 1 is 1.05 bits per heavy atom. The highest BCUT2D eigenvalue weighted by Crippen LogP contribution is 2.36. The molecule has 0 spiro atoms. The number of pyridine rings is 1. The minimum absolute atomic E-state index is 0.0828. The van der Waals surface area contributed by atoms with E-state index in [2.05, 4.69) is 20.6 Å². The number of furan rings is 1. The maximum atomic E-state index is 15.7. The highest BCUT2D eigenvalue weighted by atomic mass is 19.1. The van der Waals surface area contributed by atoms with Crippen molar-refractivity contribution in [3.05, 3.63) is 108 Å². The van der Waals surface area contributed by atoms with Gasteiger partial charge in [0.25, 0.3) is 5.91 Å². The fraction of sp³-hybridized carbons (Fsp3) is 0.192. The van der Waals surface area contributed by atoms with Crippen molar-refractivity contribution in [2.75, 3.05) is 13.1 Å². The van der Waals surface area contributed by atoms with Crippen molar-refractivity contribution in [1.29, 1.82) is 0 Å². The number of likely N-dealkylation sites (tertiary alicyclic amines) is 1. The summed E-state index contributed by atoms with van der Waals surface area (Å²) in [7, 11) is 0. The summed E-state index contributed by atoms with van der Waals surface area (Å²) in [5.74, 6) is -0.870. The van der Waals surface area contributed by atoms with Crippen LogP contribution < -0.4 is 5.32 Å². The number of nitrogens with zero attached hydrogens (tertiary/aromatic N) is 6. The van der Waals surface area contributed by atoms with Gasteiger partial charge in [-0.05, 0) is 29.8 Å². The van der Waals surface area contributed by atoms with Crippen LogP contribution in [0.15, 0.2) is 89.9 Å². The van der Waals surface area contributed by atoms with Gasteiger partial charge in [-0.1, -0.05) is 41.6 Å². The van der Waals surface area contributed by atoms with E-state index in [1.165, 1.54) is 21.9 Å². The molecule has 1 atom stereocenters. The fourth-order valence-corrected chi connectivity index (χ4v) is 4.41. The Kier molecular flexibility index (Phi) is 5.52. The first-order valence-electron chi connectivity index (χ1n) is 11.7. The molecule has 5 aromatic rings. The highest BCUT2D eigenvalue weighted by Gasteiger charge is 2.50. The molecule has 0 aliphatic carbocycles. The molecular formula is C26H22FN7O3. The lowest BCUT2D eigenvalue weighted by Crippen LogP contribution is -2.61. The van der Waals surface area contributed by atoms with Gasteiger partial charge in [0.2, 0.25) is 5.91 Å². The topological polar surface area (TPSA) is 111 Å². The lowest BCUT2D eigenvalue weighted by molar-refractivity contribution is -0.149. The molecule has 6 rings (SSSR count). The SMILES string of the molecule is O=C(NC(C(=O)N1CC(F)(c2cn(Cc3cn4ccccc4n3)nn2)C1)c1ccccc1)c1ccco1. The normalized spacial score (nSPS) is 15.3. The number of carbonyl (C=O) groups is 2. The van der Waals surface area contributed by atoms with Gasteiger partial charge < -0.3 is 19.0 Å². The minimum atomic E-state index is -1.83. The molecule has 2 amide bonds. The van der Waals surface area contributed by atoms with Gasteiger partial charge in [-0.2, -0.15) is 0 Å². The summed E-state index contributed by atoms with van der Waals surface area (Å²) in [5, 5.41) is 10.8. The molecule has 1 aromatic carbocycles. The van der Waals surface area contributed by atoms with Crippen LogP contribution in [0.2, 0.25) is 0 Å². The van der Waals surface area contributed by atoms with Crippen LogP contribution in [0.25, 0.3) is 5.65 Å². The largest absolute Gasteiger partial charge is 0.459 e. The molecule has 1 aliphatic heterocycles. The van der Waals surface area contributed by atoms with E-state index in [0.29, 0.717) is 12.1 Å². The van der Waals surface area contributed by atoms with Crippen LogP contribution in [0.1, 0.15) is 33.5 Å². The van der Waals surface area contributed by atoms with E-state index in [-0.39, 0.29) is 24.5 Å². The number of benzene rings is 1. The Bertz CT molecular complexity index is 1520. The molecular weight excluding hydrogens is 477 g/mol. The van der Waals surface area contributed by atoms with E-state index < -0.39 is 23.5 Å². The minimum Gasteiger partial charge on any atom is -0.459 e.